The highest BCUT2D eigenvalue weighted by Crippen LogP contribution is 2.31. The third-order valence-electron chi connectivity index (χ3n) is 3.37. The van der Waals surface area contributed by atoms with Crippen molar-refractivity contribution in [2.75, 3.05) is 18.5 Å². The van der Waals surface area contributed by atoms with Crippen molar-refractivity contribution in [1.82, 2.24) is 4.98 Å². The fraction of sp³-hybridized carbons (Fsp3) is 0.692. The molecule has 1 aliphatic carbocycles. The molecule has 0 fully saturated rings. The third kappa shape index (κ3) is 2.68. The van der Waals surface area contributed by atoms with Crippen LogP contribution < -0.4 is 4.90 Å². The summed E-state index contributed by atoms with van der Waals surface area (Å²) in [4.78, 5) is 19.5. The number of fused-ring (bicyclic) bond motifs is 1. The van der Waals surface area contributed by atoms with Gasteiger partial charge in [-0.1, -0.05) is 31.6 Å². The first-order valence-electron chi connectivity index (χ1n) is 6.35. The maximum Gasteiger partial charge on any atom is 0.185 e. The molecule has 1 unspecified atom stereocenters. The average molecular weight is 252 g/mol. The summed E-state index contributed by atoms with van der Waals surface area (Å²) in [5.74, 6) is 0.948. The Morgan fingerprint density at radius 1 is 1.47 bits per heavy atom. The summed E-state index contributed by atoms with van der Waals surface area (Å²) in [5.41, 5.74) is 1.03. The Bertz CT molecular complexity index is 414. The highest BCUT2D eigenvalue weighted by Gasteiger charge is 2.23. The smallest absolute Gasteiger partial charge is 0.185 e. The number of aromatic nitrogens is 1. The third-order valence-corrected chi connectivity index (χ3v) is 4.62. The zero-order valence-corrected chi connectivity index (χ0v) is 11.6. The first-order valence-corrected chi connectivity index (χ1v) is 7.17. The van der Waals surface area contributed by atoms with E-state index in [9.17, 15) is 4.79 Å². The standard InChI is InChI=1S/C13H20N2OS/c1-4-9(2)8-15(3)13-14-10-6-5-7-11(16)12(10)17-13/h9H,4-8H2,1-3H3. The highest BCUT2D eigenvalue weighted by atomic mass is 32.1. The second-order valence-electron chi connectivity index (χ2n) is 4.94. The number of carbonyl (C=O) groups excluding carboxylic acids is 1. The lowest BCUT2D eigenvalue weighted by atomic mass is 10.0. The van der Waals surface area contributed by atoms with Gasteiger partial charge in [0.05, 0.1) is 10.6 Å². The maximum atomic E-state index is 11.8. The van der Waals surface area contributed by atoms with Crippen LogP contribution in [-0.4, -0.2) is 24.4 Å². The molecule has 1 aromatic heterocycles. The van der Waals surface area contributed by atoms with Gasteiger partial charge in [0, 0.05) is 20.0 Å². The summed E-state index contributed by atoms with van der Waals surface area (Å²) < 4.78 is 0. The molecule has 0 aliphatic heterocycles. The minimum absolute atomic E-state index is 0.284. The lowest BCUT2D eigenvalue weighted by molar-refractivity contribution is 0.0976. The number of aryl methyl sites for hydroxylation is 1. The number of anilines is 1. The van der Waals surface area contributed by atoms with Crippen molar-refractivity contribution in [1.29, 1.82) is 0 Å². The Morgan fingerprint density at radius 3 is 2.88 bits per heavy atom. The number of carbonyl (C=O) groups is 1. The lowest BCUT2D eigenvalue weighted by Gasteiger charge is -2.19. The van der Waals surface area contributed by atoms with E-state index in [1.165, 1.54) is 6.42 Å². The molecule has 3 nitrogen and oxygen atoms in total. The molecule has 2 rings (SSSR count). The van der Waals surface area contributed by atoms with Gasteiger partial charge in [-0.3, -0.25) is 4.79 Å². The van der Waals surface area contributed by atoms with Gasteiger partial charge in [-0.2, -0.15) is 0 Å². The summed E-state index contributed by atoms with van der Waals surface area (Å²) in [6, 6.07) is 0. The van der Waals surface area contributed by atoms with E-state index in [0.29, 0.717) is 12.3 Å². The Balaban J connectivity index is 2.14. The fourth-order valence-corrected chi connectivity index (χ4v) is 3.14. The molecule has 0 radical (unpaired) electrons. The zero-order valence-electron chi connectivity index (χ0n) is 10.8. The molecule has 0 N–H and O–H groups in total. The molecular formula is C13H20N2OS. The topological polar surface area (TPSA) is 33.2 Å². The van der Waals surface area contributed by atoms with E-state index in [1.807, 2.05) is 0 Å². The predicted molar refractivity (Wildman–Crippen MR) is 72.1 cm³/mol. The fourth-order valence-electron chi connectivity index (χ4n) is 2.09. The van der Waals surface area contributed by atoms with Crippen molar-refractivity contribution in [3.8, 4) is 0 Å². The first kappa shape index (κ1) is 12.6. The van der Waals surface area contributed by atoms with Gasteiger partial charge in [-0.05, 0) is 18.8 Å². The van der Waals surface area contributed by atoms with Gasteiger partial charge in [-0.25, -0.2) is 4.98 Å². The van der Waals surface area contributed by atoms with Crippen molar-refractivity contribution >= 4 is 22.3 Å². The Hall–Kier alpha value is -0.900. The Morgan fingerprint density at radius 2 is 2.24 bits per heavy atom. The van der Waals surface area contributed by atoms with Crippen LogP contribution in [0.1, 0.15) is 48.5 Å². The molecule has 0 amide bonds. The van der Waals surface area contributed by atoms with E-state index in [-0.39, 0.29) is 5.78 Å². The minimum atomic E-state index is 0.284. The monoisotopic (exact) mass is 252 g/mol. The van der Waals surface area contributed by atoms with Crippen molar-refractivity contribution < 1.29 is 4.79 Å². The first-order chi connectivity index (χ1) is 8.11. The van der Waals surface area contributed by atoms with Gasteiger partial charge in [0.2, 0.25) is 0 Å². The van der Waals surface area contributed by atoms with Gasteiger partial charge in [-0.15, -0.1) is 0 Å². The van der Waals surface area contributed by atoms with E-state index in [0.717, 1.165) is 35.1 Å². The molecule has 1 aromatic rings. The van der Waals surface area contributed by atoms with Gasteiger partial charge >= 0.3 is 0 Å². The predicted octanol–water partition coefficient (Wildman–Crippen LogP) is 3.14. The second-order valence-corrected chi connectivity index (χ2v) is 5.92. The molecular weight excluding hydrogens is 232 g/mol. The Kier molecular flexibility index (Phi) is 3.82. The molecule has 0 saturated carbocycles. The van der Waals surface area contributed by atoms with Crippen LogP contribution in [0.4, 0.5) is 5.13 Å². The van der Waals surface area contributed by atoms with Crippen LogP contribution in [0.3, 0.4) is 0 Å². The van der Waals surface area contributed by atoms with Gasteiger partial charge in [0.15, 0.2) is 10.9 Å². The van der Waals surface area contributed by atoms with Crippen LogP contribution in [-0.2, 0) is 6.42 Å². The number of thiazole rings is 1. The number of ketones is 1. The SMILES string of the molecule is CCC(C)CN(C)c1nc2c(s1)C(=O)CCC2. The molecule has 1 aliphatic rings. The number of hydrogen-bond donors (Lipinski definition) is 0. The van der Waals surface area contributed by atoms with E-state index < -0.39 is 0 Å². The van der Waals surface area contributed by atoms with Crippen LogP contribution in [0.25, 0.3) is 0 Å². The number of nitrogens with zero attached hydrogens (tertiary/aromatic N) is 2. The van der Waals surface area contributed by atoms with Crippen LogP contribution in [0.5, 0.6) is 0 Å². The summed E-state index contributed by atoms with van der Waals surface area (Å²) in [6.45, 7) is 5.46. The lowest BCUT2D eigenvalue weighted by Crippen LogP contribution is -2.23. The summed E-state index contributed by atoms with van der Waals surface area (Å²) in [5, 5.41) is 1.01. The second kappa shape index (κ2) is 5.17. The van der Waals surface area contributed by atoms with Gasteiger partial charge in [0.1, 0.15) is 0 Å². The molecule has 0 saturated heterocycles. The molecule has 0 spiro atoms. The van der Waals surface area contributed by atoms with Crippen LogP contribution >= 0.6 is 11.3 Å². The molecule has 0 aromatic carbocycles. The summed E-state index contributed by atoms with van der Waals surface area (Å²) in [6.07, 6.45) is 3.80. The normalized spacial score (nSPS) is 16.8. The maximum absolute atomic E-state index is 11.8. The van der Waals surface area contributed by atoms with Crippen molar-refractivity contribution in [2.45, 2.75) is 39.5 Å². The van der Waals surface area contributed by atoms with Crippen molar-refractivity contribution in [3.05, 3.63) is 10.6 Å². The van der Waals surface area contributed by atoms with Crippen LogP contribution in [0.15, 0.2) is 0 Å². The minimum Gasteiger partial charge on any atom is -0.351 e. The molecule has 1 heterocycles. The van der Waals surface area contributed by atoms with Crippen LogP contribution in [0, 0.1) is 5.92 Å². The quantitative estimate of drug-likeness (QED) is 0.825. The van der Waals surface area contributed by atoms with Gasteiger partial charge in [0.25, 0.3) is 0 Å². The van der Waals surface area contributed by atoms with E-state index >= 15 is 0 Å². The highest BCUT2D eigenvalue weighted by molar-refractivity contribution is 7.17. The average Bonchev–Trinajstić information content (AvgIpc) is 2.74. The number of hydrogen-bond acceptors (Lipinski definition) is 4. The largest absolute Gasteiger partial charge is 0.351 e. The molecule has 4 heteroatoms. The van der Waals surface area contributed by atoms with Gasteiger partial charge < -0.3 is 4.90 Å². The molecule has 17 heavy (non-hydrogen) atoms. The summed E-state index contributed by atoms with van der Waals surface area (Å²) >= 11 is 1.57. The summed E-state index contributed by atoms with van der Waals surface area (Å²) in [7, 11) is 2.07. The van der Waals surface area contributed by atoms with Crippen LogP contribution in [0.2, 0.25) is 0 Å². The number of Topliss-reactive ketones (excluding diaryl/α,β-unsaturated/α-hetero) is 1. The number of rotatable bonds is 4. The molecule has 0 bridgehead atoms. The Labute approximate surface area is 107 Å². The zero-order chi connectivity index (χ0) is 12.4. The van der Waals surface area contributed by atoms with Crippen molar-refractivity contribution in [3.63, 3.8) is 0 Å². The van der Waals surface area contributed by atoms with E-state index in [2.05, 4.69) is 30.8 Å². The molecule has 1 atom stereocenters. The van der Waals surface area contributed by atoms with E-state index in [4.69, 9.17) is 0 Å². The van der Waals surface area contributed by atoms with Crippen molar-refractivity contribution in [2.24, 2.45) is 5.92 Å². The van der Waals surface area contributed by atoms with E-state index in [1.54, 1.807) is 11.3 Å². The molecule has 94 valence electrons.